The molecule has 1 aliphatic rings. The molecule has 1 unspecified atom stereocenters. The van der Waals surface area contributed by atoms with Crippen LogP contribution in [0.4, 0.5) is 4.79 Å². The molecule has 2 N–H and O–H groups in total. The van der Waals surface area contributed by atoms with E-state index in [0.717, 1.165) is 5.56 Å². The molecule has 2 amide bonds. The molecule has 1 aromatic heterocycles. The maximum Gasteiger partial charge on any atom is 0.408 e. The van der Waals surface area contributed by atoms with E-state index in [4.69, 9.17) is 4.74 Å². The van der Waals surface area contributed by atoms with Crippen molar-refractivity contribution in [2.24, 2.45) is 0 Å². The third-order valence-electron chi connectivity index (χ3n) is 4.02. The maximum atomic E-state index is 12.7. The van der Waals surface area contributed by atoms with Gasteiger partial charge in [-0.3, -0.25) is 4.79 Å². The predicted octanol–water partition coefficient (Wildman–Crippen LogP) is 1.89. The molecular weight excluding hydrogens is 338 g/mol. The van der Waals surface area contributed by atoms with Crippen molar-refractivity contribution in [3.63, 3.8) is 0 Å². The number of pyridine rings is 1. The molecule has 0 spiro atoms. The van der Waals surface area contributed by atoms with Crippen LogP contribution < -0.4 is 5.32 Å². The number of rotatable bonds is 3. The molecule has 1 atom stereocenters. The lowest BCUT2D eigenvalue weighted by molar-refractivity contribution is -0.144. The van der Waals surface area contributed by atoms with Crippen molar-refractivity contribution in [1.82, 2.24) is 15.2 Å². The van der Waals surface area contributed by atoms with Crippen LogP contribution in [0, 0.1) is 13.8 Å². The summed E-state index contributed by atoms with van der Waals surface area (Å²) in [4.78, 5) is 42.2. The Hall–Kier alpha value is -2.64. The van der Waals surface area contributed by atoms with Crippen LogP contribution in [0.1, 0.15) is 48.9 Å². The Morgan fingerprint density at radius 2 is 1.92 bits per heavy atom. The summed E-state index contributed by atoms with van der Waals surface area (Å²) in [6, 6.07) is 3.52. The van der Waals surface area contributed by atoms with E-state index in [1.54, 1.807) is 33.8 Å². The van der Waals surface area contributed by atoms with Gasteiger partial charge in [0.05, 0.1) is 6.54 Å². The van der Waals surface area contributed by atoms with Gasteiger partial charge in [0, 0.05) is 18.7 Å². The summed E-state index contributed by atoms with van der Waals surface area (Å²) >= 11 is 0. The Morgan fingerprint density at radius 3 is 2.46 bits per heavy atom. The summed E-state index contributed by atoms with van der Waals surface area (Å²) in [7, 11) is 0. The van der Waals surface area contributed by atoms with Crippen molar-refractivity contribution >= 4 is 18.0 Å². The van der Waals surface area contributed by atoms with Gasteiger partial charge in [-0.25, -0.2) is 14.6 Å². The topological polar surface area (TPSA) is 109 Å². The molecule has 0 aliphatic carbocycles. The van der Waals surface area contributed by atoms with Gasteiger partial charge in [-0.05, 0) is 52.3 Å². The van der Waals surface area contributed by atoms with Gasteiger partial charge >= 0.3 is 12.1 Å². The molecule has 1 aliphatic heterocycles. The van der Waals surface area contributed by atoms with Crippen molar-refractivity contribution in [2.45, 2.75) is 52.2 Å². The summed E-state index contributed by atoms with van der Waals surface area (Å²) in [6.45, 7) is 8.79. The average molecular weight is 363 g/mol. The minimum Gasteiger partial charge on any atom is -0.479 e. The zero-order valence-electron chi connectivity index (χ0n) is 15.8. The van der Waals surface area contributed by atoms with Crippen molar-refractivity contribution < 1.29 is 24.2 Å². The van der Waals surface area contributed by atoms with Crippen LogP contribution in [-0.2, 0) is 9.53 Å². The third-order valence-corrected chi connectivity index (χ3v) is 4.02. The van der Waals surface area contributed by atoms with E-state index in [1.165, 1.54) is 4.90 Å². The van der Waals surface area contributed by atoms with Crippen molar-refractivity contribution in [1.29, 1.82) is 0 Å². The Balaban J connectivity index is 2.17. The lowest BCUT2D eigenvalue weighted by atomic mass is 9.99. The van der Waals surface area contributed by atoms with Gasteiger partial charge in [0.1, 0.15) is 11.3 Å². The van der Waals surface area contributed by atoms with Gasteiger partial charge in [0.2, 0.25) is 0 Å². The molecule has 0 bridgehead atoms. The van der Waals surface area contributed by atoms with Crippen LogP contribution in [0.2, 0.25) is 0 Å². The highest BCUT2D eigenvalue weighted by Gasteiger charge is 2.48. The highest BCUT2D eigenvalue weighted by molar-refractivity contribution is 5.94. The first-order valence-electron chi connectivity index (χ1n) is 8.41. The van der Waals surface area contributed by atoms with Gasteiger partial charge < -0.3 is 20.1 Å². The molecule has 142 valence electrons. The third kappa shape index (κ3) is 4.50. The molecular formula is C18H25N3O5. The van der Waals surface area contributed by atoms with E-state index < -0.39 is 23.2 Å². The fourth-order valence-electron chi connectivity index (χ4n) is 2.93. The van der Waals surface area contributed by atoms with E-state index in [2.05, 4.69) is 10.3 Å². The molecule has 1 fully saturated rings. The normalized spacial score (nSPS) is 20.0. The number of amides is 2. The number of hydrogen-bond acceptors (Lipinski definition) is 5. The smallest absolute Gasteiger partial charge is 0.408 e. The Bertz CT molecular complexity index is 721. The quantitative estimate of drug-likeness (QED) is 0.849. The first kappa shape index (κ1) is 19.7. The lowest BCUT2D eigenvalue weighted by Gasteiger charge is -2.28. The molecule has 26 heavy (non-hydrogen) atoms. The van der Waals surface area contributed by atoms with E-state index >= 15 is 0 Å². The van der Waals surface area contributed by atoms with Gasteiger partial charge in [0.15, 0.2) is 5.54 Å². The summed E-state index contributed by atoms with van der Waals surface area (Å²) < 4.78 is 5.16. The number of nitrogens with zero attached hydrogens (tertiary/aromatic N) is 2. The van der Waals surface area contributed by atoms with Crippen molar-refractivity contribution in [3.05, 3.63) is 29.1 Å². The Labute approximate surface area is 152 Å². The summed E-state index contributed by atoms with van der Waals surface area (Å²) in [6.07, 6.45) is -0.725. The predicted molar refractivity (Wildman–Crippen MR) is 94.0 cm³/mol. The Morgan fingerprint density at radius 1 is 1.27 bits per heavy atom. The fourth-order valence-corrected chi connectivity index (χ4v) is 2.93. The first-order valence-corrected chi connectivity index (χ1v) is 8.41. The van der Waals surface area contributed by atoms with Crippen LogP contribution in [0.5, 0.6) is 0 Å². The molecule has 8 nitrogen and oxygen atoms in total. The van der Waals surface area contributed by atoms with E-state index in [9.17, 15) is 19.5 Å². The largest absolute Gasteiger partial charge is 0.479 e. The highest BCUT2D eigenvalue weighted by atomic mass is 16.6. The number of hydrogen-bond donors (Lipinski definition) is 2. The average Bonchev–Trinajstić information content (AvgIpc) is 2.88. The second kappa shape index (κ2) is 6.93. The Kier molecular flexibility index (Phi) is 5.25. The summed E-state index contributed by atoms with van der Waals surface area (Å²) in [5.41, 5.74) is -0.445. The lowest BCUT2D eigenvalue weighted by Crippen LogP contribution is -2.57. The number of aliphatic carboxylic acids is 1. The van der Waals surface area contributed by atoms with Gasteiger partial charge in [-0.15, -0.1) is 0 Å². The number of nitrogens with one attached hydrogen (secondary N) is 1. The molecule has 2 heterocycles. The SMILES string of the molecule is Cc1cc(C)nc(C(=O)N2CCC(NC(=O)OC(C)(C)C)(C(=O)O)C2)c1. The molecule has 0 aromatic carbocycles. The molecule has 0 radical (unpaired) electrons. The second-order valence-corrected chi connectivity index (χ2v) is 7.66. The first-order chi connectivity index (χ1) is 11.9. The number of ether oxygens (including phenoxy) is 1. The van der Waals surface area contributed by atoms with Crippen LogP contribution in [-0.4, -0.2) is 57.2 Å². The fraction of sp³-hybridized carbons (Fsp3) is 0.556. The van der Waals surface area contributed by atoms with Crippen LogP contribution in [0.25, 0.3) is 0 Å². The zero-order chi connectivity index (χ0) is 19.7. The standard InChI is InChI=1S/C18H25N3O5/c1-11-8-12(2)19-13(9-11)14(22)21-7-6-18(10-21,15(23)24)20-16(25)26-17(3,4)5/h8-9H,6-7,10H2,1-5H3,(H,20,25)(H,23,24). The number of aromatic nitrogens is 1. The van der Waals surface area contributed by atoms with Crippen molar-refractivity contribution in [3.8, 4) is 0 Å². The van der Waals surface area contributed by atoms with Crippen LogP contribution in [0.3, 0.4) is 0 Å². The van der Waals surface area contributed by atoms with Crippen LogP contribution >= 0.6 is 0 Å². The minimum atomic E-state index is -1.57. The highest BCUT2D eigenvalue weighted by Crippen LogP contribution is 2.24. The number of likely N-dealkylation sites (tertiary alicyclic amines) is 1. The molecule has 0 saturated carbocycles. The monoisotopic (exact) mass is 363 g/mol. The molecule has 1 aromatic rings. The number of carbonyl (C=O) groups is 3. The van der Waals surface area contributed by atoms with E-state index in [1.807, 2.05) is 13.0 Å². The van der Waals surface area contributed by atoms with Gasteiger partial charge in [-0.2, -0.15) is 0 Å². The number of carboxylic acids is 1. The number of alkyl carbamates (subject to hydrolysis) is 1. The van der Waals surface area contributed by atoms with Gasteiger partial charge in [0.25, 0.3) is 5.91 Å². The maximum absolute atomic E-state index is 12.7. The number of carbonyl (C=O) groups excluding carboxylic acids is 2. The van der Waals surface area contributed by atoms with Crippen molar-refractivity contribution in [2.75, 3.05) is 13.1 Å². The number of carboxylic acid groups (broad SMARTS) is 1. The van der Waals surface area contributed by atoms with E-state index in [-0.39, 0.29) is 31.1 Å². The van der Waals surface area contributed by atoms with E-state index in [0.29, 0.717) is 5.69 Å². The summed E-state index contributed by atoms with van der Waals surface area (Å²) in [5, 5.41) is 12.1. The molecule has 1 saturated heterocycles. The van der Waals surface area contributed by atoms with Gasteiger partial charge in [-0.1, -0.05) is 0 Å². The number of aryl methyl sites for hydroxylation is 2. The molecule has 8 heteroatoms. The zero-order valence-corrected chi connectivity index (χ0v) is 15.8. The van der Waals surface area contributed by atoms with Crippen LogP contribution in [0.15, 0.2) is 12.1 Å². The minimum absolute atomic E-state index is 0.0954. The second-order valence-electron chi connectivity index (χ2n) is 7.66. The molecule has 2 rings (SSSR count). The summed E-state index contributed by atoms with van der Waals surface area (Å²) in [5.74, 6) is -1.56.